The number of hydrogen-bond donors (Lipinski definition) is 1. The van der Waals surface area contributed by atoms with Crippen molar-refractivity contribution in [3.63, 3.8) is 0 Å². The van der Waals surface area contributed by atoms with Crippen LogP contribution in [0.4, 0.5) is 0 Å². The molecule has 0 aliphatic heterocycles. The second-order valence-corrected chi connectivity index (χ2v) is 4.82. The molecule has 2 aromatic rings. The van der Waals surface area contributed by atoms with Gasteiger partial charge in [0.2, 0.25) is 0 Å². The molecule has 0 bridgehead atoms. The first-order valence-corrected chi connectivity index (χ1v) is 5.76. The lowest BCUT2D eigenvalue weighted by atomic mass is 10.2. The van der Waals surface area contributed by atoms with Gasteiger partial charge >= 0.3 is 0 Å². The number of aromatic nitrogens is 1. The molecule has 0 saturated carbocycles. The van der Waals surface area contributed by atoms with Crippen LogP contribution in [0.2, 0.25) is 5.02 Å². The van der Waals surface area contributed by atoms with Gasteiger partial charge < -0.3 is 5.11 Å². The van der Waals surface area contributed by atoms with E-state index in [1.165, 1.54) is 16.9 Å². The average molecular weight is 240 g/mol. The number of aliphatic hydroxyl groups excluding tert-OH is 1. The van der Waals surface area contributed by atoms with Crippen LogP contribution in [-0.4, -0.2) is 10.1 Å². The van der Waals surface area contributed by atoms with Crippen LogP contribution in [0.3, 0.4) is 0 Å². The van der Waals surface area contributed by atoms with E-state index in [2.05, 4.69) is 4.98 Å². The first-order valence-electron chi connectivity index (χ1n) is 4.57. The smallest absolute Gasteiger partial charge is 0.0972 e. The van der Waals surface area contributed by atoms with Crippen LogP contribution in [0.1, 0.15) is 15.4 Å². The summed E-state index contributed by atoms with van der Waals surface area (Å²) in [6, 6.07) is 7.72. The minimum Gasteiger partial charge on any atom is -0.391 e. The zero-order chi connectivity index (χ0) is 10.7. The van der Waals surface area contributed by atoms with Gasteiger partial charge in [0.05, 0.1) is 16.5 Å². The summed E-state index contributed by atoms with van der Waals surface area (Å²) in [5.74, 6) is 0. The summed E-state index contributed by atoms with van der Waals surface area (Å²) in [6.07, 6.45) is 2.51. The monoisotopic (exact) mass is 239 g/mol. The van der Waals surface area contributed by atoms with E-state index in [-0.39, 0.29) is 6.61 Å². The number of benzene rings is 1. The fourth-order valence-corrected chi connectivity index (χ4v) is 2.22. The molecule has 1 aromatic carbocycles. The molecule has 1 heterocycles. The molecule has 0 atom stereocenters. The van der Waals surface area contributed by atoms with Crippen LogP contribution in [0, 0.1) is 0 Å². The summed E-state index contributed by atoms with van der Waals surface area (Å²) in [7, 11) is 0. The predicted molar refractivity (Wildman–Crippen MR) is 62.3 cm³/mol. The summed E-state index contributed by atoms with van der Waals surface area (Å²) in [5.41, 5.74) is 1.18. The zero-order valence-electron chi connectivity index (χ0n) is 7.98. The average Bonchev–Trinajstić information content (AvgIpc) is 2.69. The van der Waals surface area contributed by atoms with Crippen molar-refractivity contribution in [3.05, 3.63) is 50.9 Å². The van der Waals surface area contributed by atoms with Crippen molar-refractivity contribution in [2.75, 3.05) is 0 Å². The van der Waals surface area contributed by atoms with Gasteiger partial charge in [-0.05, 0) is 17.7 Å². The van der Waals surface area contributed by atoms with Crippen molar-refractivity contribution in [1.82, 2.24) is 4.98 Å². The van der Waals surface area contributed by atoms with Gasteiger partial charge in [0, 0.05) is 17.6 Å². The Labute approximate surface area is 97.2 Å². The molecular formula is C11H10ClNOS. The molecule has 0 fully saturated rings. The van der Waals surface area contributed by atoms with Crippen LogP contribution in [0.25, 0.3) is 0 Å². The van der Waals surface area contributed by atoms with E-state index in [4.69, 9.17) is 16.7 Å². The van der Waals surface area contributed by atoms with Gasteiger partial charge in [0.15, 0.2) is 0 Å². The van der Waals surface area contributed by atoms with E-state index in [1.807, 2.05) is 24.3 Å². The molecule has 0 unspecified atom stereocenters. The summed E-state index contributed by atoms with van der Waals surface area (Å²) >= 11 is 7.33. The fraction of sp³-hybridized carbons (Fsp3) is 0.182. The summed E-state index contributed by atoms with van der Waals surface area (Å²) in [6.45, 7) is 0.0677. The SMILES string of the molecule is OCc1cnc(Cc2ccc(Cl)cc2)s1. The highest BCUT2D eigenvalue weighted by Gasteiger charge is 2.02. The van der Waals surface area contributed by atoms with Gasteiger partial charge in [-0.2, -0.15) is 0 Å². The second kappa shape index (κ2) is 4.75. The highest BCUT2D eigenvalue weighted by molar-refractivity contribution is 7.11. The molecule has 2 nitrogen and oxygen atoms in total. The van der Waals surface area contributed by atoms with Crippen LogP contribution < -0.4 is 0 Å². The number of rotatable bonds is 3. The molecule has 1 aromatic heterocycles. The van der Waals surface area contributed by atoms with Gasteiger partial charge in [-0.1, -0.05) is 23.7 Å². The Morgan fingerprint density at radius 2 is 2.00 bits per heavy atom. The molecule has 0 aliphatic carbocycles. The number of aliphatic hydroxyl groups is 1. The summed E-state index contributed by atoms with van der Waals surface area (Å²) in [4.78, 5) is 5.13. The van der Waals surface area contributed by atoms with E-state index in [0.29, 0.717) is 0 Å². The molecule has 0 spiro atoms. The Balaban J connectivity index is 2.11. The molecule has 0 amide bonds. The first kappa shape index (κ1) is 10.6. The molecule has 0 saturated heterocycles. The van der Waals surface area contributed by atoms with Crippen molar-refractivity contribution in [1.29, 1.82) is 0 Å². The van der Waals surface area contributed by atoms with E-state index in [1.54, 1.807) is 6.20 Å². The third-order valence-corrected chi connectivity index (χ3v) is 3.26. The quantitative estimate of drug-likeness (QED) is 0.894. The number of thiazole rings is 1. The highest BCUT2D eigenvalue weighted by Crippen LogP contribution is 2.18. The minimum atomic E-state index is 0.0677. The lowest BCUT2D eigenvalue weighted by molar-refractivity contribution is 0.285. The van der Waals surface area contributed by atoms with Crippen molar-refractivity contribution in [3.8, 4) is 0 Å². The normalized spacial score (nSPS) is 10.5. The lowest BCUT2D eigenvalue weighted by Gasteiger charge is -1.97. The van der Waals surface area contributed by atoms with Crippen molar-refractivity contribution in [2.45, 2.75) is 13.0 Å². The molecule has 1 N–H and O–H groups in total. The maximum absolute atomic E-state index is 8.91. The van der Waals surface area contributed by atoms with Gasteiger partial charge in [-0.15, -0.1) is 11.3 Å². The topological polar surface area (TPSA) is 33.1 Å². The Kier molecular flexibility index (Phi) is 3.36. The molecule has 0 radical (unpaired) electrons. The third-order valence-electron chi connectivity index (χ3n) is 2.03. The third kappa shape index (κ3) is 2.78. The Morgan fingerprint density at radius 1 is 1.27 bits per heavy atom. The van der Waals surface area contributed by atoms with Gasteiger partial charge in [0.25, 0.3) is 0 Å². The molecular weight excluding hydrogens is 230 g/mol. The zero-order valence-corrected chi connectivity index (χ0v) is 9.55. The maximum atomic E-state index is 8.91. The highest BCUT2D eigenvalue weighted by atomic mass is 35.5. The number of hydrogen-bond acceptors (Lipinski definition) is 3. The van der Waals surface area contributed by atoms with Crippen molar-refractivity contribution in [2.24, 2.45) is 0 Å². The predicted octanol–water partition coefficient (Wildman–Crippen LogP) is 2.88. The first-order chi connectivity index (χ1) is 7.28. The second-order valence-electron chi connectivity index (χ2n) is 3.18. The van der Waals surface area contributed by atoms with Crippen LogP contribution in [0.15, 0.2) is 30.5 Å². The van der Waals surface area contributed by atoms with E-state index < -0.39 is 0 Å². The summed E-state index contributed by atoms with van der Waals surface area (Å²) in [5, 5.41) is 10.7. The van der Waals surface area contributed by atoms with Crippen molar-refractivity contribution >= 4 is 22.9 Å². The van der Waals surface area contributed by atoms with Crippen LogP contribution >= 0.6 is 22.9 Å². The Hall–Kier alpha value is -0.900. The Morgan fingerprint density at radius 3 is 2.60 bits per heavy atom. The van der Waals surface area contributed by atoms with E-state index in [9.17, 15) is 0 Å². The van der Waals surface area contributed by atoms with E-state index >= 15 is 0 Å². The summed E-state index contributed by atoms with van der Waals surface area (Å²) < 4.78 is 0. The molecule has 4 heteroatoms. The van der Waals surface area contributed by atoms with Crippen molar-refractivity contribution < 1.29 is 5.11 Å². The maximum Gasteiger partial charge on any atom is 0.0972 e. The minimum absolute atomic E-state index is 0.0677. The largest absolute Gasteiger partial charge is 0.391 e. The fourth-order valence-electron chi connectivity index (χ4n) is 1.28. The van der Waals surface area contributed by atoms with Gasteiger partial charge in [-0.25, -0.2) is 4.98 Å². The molecule has 0 aliphatic rings. The molecule has 78 valence electrons. The number of halogens is 1. The lowest BCUT2D eigenvalue weighted by Crippen LogP contribution is -1.85. The Bertz CT molecular complexity index is 438. The van der Waals surface area contributed by atoms with E-state index in [0.717, 1.165) is 21.3 Å². The van der Waals surface area contributed by atoms with Gasteiger partial charge in [-0.3, -0.25) is 0 Å². The van der Waals surface area contributed by atoms with Crippen LogP contribution in [-0.2, 0) is 13.0 Å². The van der Waals surface area contributed by atoms with Crippen LogP contribution in [0.5, 0.6) is 0 Å². The molecule has 2 rings (SSSR count). The van der Waals surface area contributed by atoms with Gasteiger partial charge in [0.1, 0.15) is 0 Å². The standard InChI is InChI=1S/C11H10ClNOS/c12-9-3-1-8(2-4-9)5-11-13-6-10(7-14)15-11/h1-4,6,14H,5,7H2. The molecule has 15 heavy (non-hydrogen) atoms. The number of nitrogens with zero attached hydrogens (tertiary/aromatic N) is 1.